The van der Waals surface area contributed by atoms with Gasteiger partial charge in [0, 0.05) is 6.42 Å². The maximum absolute atomic E-state index is 10.5. The van der Waals surface area contributed by atoms with Crippen LogP contribution in [0.3, 0.4) is 0 Å². The Balaban J connectivity index is 1.99. The highest BCUT2D eigenvalue weighted by Gasteiger charge is 1.97. The maximum atomic E-state index is 10.5. The maximum Gasteiger partial charge on any atom is 0.221 e. The number of carbonyl (C=O) groups is 1. The highest BCUT2D eigenvalue weighted by molar-refractivity contribution is 6.63. The zero-order chi connectivity index (χ0) is 13.9. The van der Waals surface area contributed by atoms with Gasteiger partial charge in [-0.3, -0.25) is 4.79 Å². The highest BCUT2D eigenvalue weighted by atomic mass is 35.5. The molecule has 19 heavy (non-hydrogen) atoms. The van der Waals surface area contributed by atoms with Crippen molar-refractivity contribution in [1.82, 2.24) is 0 Å². The number of hydrogen-bond acceptors (Lipinski definition) is 2. The minimum Gasteiger partial charge on any atom is -0.497 e. The summed E-state index contributed by atoms with van der Waals surface area (Å²) in [4.78, 5) is 10.5. The van der Waals surface area contributed by atoms with Crippen LogP contribution < -0.4 is 4.74 Å². The van der Waals surface area contributed by atoms with Crippen LogP contribution in [-0.2, 0) is 11.2 Å². The number of unbranched alkanes of at least 4 members (excludes halogenated alkanes) is 5. The predicted octanol–water partition coefficient (Wildman–Crippen LogP) is 4.73. The molecule has 0 radical (unpaired) electrons. The Kier molecular flexibility index (Phi) is 8.31. The Bertz CT molecular complexity index is 360. The lowest BCUT2D eigenvalue weighted by Gasteiger charge is -2.04. The molecule has 0 aliphatic heterocycles. The van der Waals surface area contributed by atoms with Crippen LogP contribution >= 0.6 is 11.6 Å². The summed E-state index contributed by atoms with van der Waals surface area (Å²) < 4.78 is 5.13. The normalized spacial score (nSPS) is 10.4. The summed E-state index contributed by atoms with van der Waals surface area (Å²) in [6.07, 6.45) is 8.61. The number of benzene rings is 1. The lowest BCUT2D eigenvalue weighted by molar-refractivity contribution is -0.111. The van der Waals surface area contributed by atoms with E-state index < -0.39 is 0 Å². The smallest absolute Gasteiger partial charge is 0.221 e. The van der Waals surface area contributed by atoms with E-state index in [1.165, 1.54) is 31.2 Å². The third-order valence-electron chi connectivity index (χ3n) is 3.25. The summed E-state index contributed by atoms with van der Waals surface area (Å²) >= 11 is 5.28. The second-order valence-electron chi connectivity index (χ2n) is 4.82. The van der Waals surface area contributed by atoms with Gasteiger partial charge in [-0.2, -0.15) is 0 Å². The first kappa shape index (κ1) is 16.0. The second kappa shape index (κ2) is 9.85. The molecule has 0 unspecified atom stereocenters. The summed E-state index contributed by atoms with van der Waals surface area (Å²) in [5, 5.41) is -0.209. The van der Waals surface area contributed by atoms with Crippen molar-refractivity contribution >= 4 is 16.8 Å². The van der Waals surface area contributed by atoms with Crippen molar-refractivity contribution in [3.8, 4) is 5.75 Å². The molecule has 0 N–H and O–H groups in total. The molecule has 106 valence electrons. The second-order valence-corrected chi connectivity index (χ2v) is 5.25. The van der Waals surface area contributed by atoms with Gasteiger partial charge in [-0.1, -0.05) is 37.8 Å². The molecule has 0 aromatic heterocycles. The molecule has 0 fully saturated rings. The van der Waals surface area contributed by atoms with Crippen molar-refractivity contribution in [2.75, 3.05) is 7.11 Å². The summed E-state index contributed by atoms with van der Waals surface area (Å²) in [5.74, 6) is 0.914. The first-order valence-electron chi connectivity index (χ1n) is 7.03. The Hall–Kier alpha value is -1.02. The topological polar surface area (TPSA) is 26.3 Å². The molecule has 0 aliphatic carbocycles. The Morgan fingerprint density at radius 2 is 1.58 bits per heavy atom. The first-order valence-corrected chi connectivity index (χ1v) is 7.41. The van der Waals surface area contributed by atoms with Gasteiger partial charge in [0.2, 0.25) is 5.24 Å². The minimum atomic E-state index is -0.209. The molecule has 3 heteroatoms. The van der Waals surface area contributed by atoms with E-state index >= 15 is 0 Å². The fraction of sp³-hybridized carbons (Fsp3) is 0.562. The molecule has 0 saturated carbocycles. The van der Waals surface area contributed by atoms with Crippen LogP contribution in [0.25, 0.3) is 0 Å². The van der Waals surface area contributed by atoms with Gasteiger partial charge in [-0.15, -0.1) is 0 Å². The first-order chi connectivity index (χ1) is 9.22. The SMILES string of the molecule is COc1ccc(CCCCCCCCC(=O)Cl)cc1. The van der Waals surface area contributed by atoms with E-state index in [1.807, 2.05) is 12.1 Å². The van der Waals surface area contributed by atoms with E-state index in [1.54, 1.807) is 7.11 Å². The average Bonchev–Trinajstić information content (AvgIpc) is 2.42. The van der Waals surface area contributed by atoms with E-state index in [0.29, 0.717) is 6.42 Å². The molecule has 0 atom stereocenters. The molecule has 0 aliphatic rings. The zero-order valence-electron chi connectivity index (χ0n) is 11.7. The lowest BCUT2D eigenvalue weighted by Crippen LogP contribution is -1.89. The highest BCUT2D eigenvalue weighted by Crippen LogP contribution is 2.14. The van der Waals surface area contributed by atoms with Gasteiger partial charge in [-0.25, -0.2) is 0 Å². The van der Waals surface area contributed by atoms with Crippen LogP contribution in [0.2, 0.25) is 0 Å². The fourth-order valence-corrected chi connectivity index (χ4v) is 2.23. The molecule has 0 heterocycles. The summed E-state index contributed by atoms with van der Waals surface area (Å²) in [6.45, 7) is 0. The van der Waals surface area contributed by atoms with E-state index in [2.05, 4.69) is 12.1 Å². The molecular weight excluding hydrogens is 260 g/mol. The summed E-state index contributed by atoms with van der Waals surface area (Å²) in [6, 6.07) is 8.28. The van der Waals surface area contributed by atoms with E-state index in [-0.39, 0.29) is 5.24 Å². The van der Waals surface area contributed by atoms with Crippen LogP contribution in [0.1, 0.15) is 50.5 Å². The number of carbonyl (C=O) groups excluding carboxylic acids is 1. The molecular formula is C16H23ClO2. The lowest BCUT2D eigenvalue weighted by atomic mass is 10.0. The monoisotopic (exact) mass is 282 g/mol. The molecule has 0 amide bonds. The summed E-state index contributed by atoms with van der Waals surface area (Å²) in [5.41, 5.74) is 1.37. The van der Waals surface area contributed by atoms with Crippen LogP contribution in [0.4, 0.5) is 0 Å². The number of hydrogen-bond donors (Lipinski definition) is 0. The largest absolute Gasteiger partial charge is 0.497 e. The number of rotatable bonds is 10. The van der Waals surface area contributed by atoms with Crippen molar-refractivity contribution in [2.24, 2.45) is 0 Å². The van der Waals surface area contributed by atoms with Gasteiger partial charge in [0.1, 0.15) is 5.75 Å². The van der Waals surface area contributed by atoms with Crippen molar-refractivity contribution in [3.05, 3.63) is 29.8 Å². The average molecular weight is 283 g/mol. The Morgan fingerprint density at radius 1 is 1.00 bits per heavy atom. The van der Waals surface area contributed by atoms with Crippen molar-refractivity contribution in [3.63, 3.8) is 0 Å². The van der Waals surface area contributed by atoms with Gasteiger partial charge < -0.3 is 4.74 Å². The number of aryl methyl sites for hydroxylation is 1. The van der Waals surface area contributed by atoms with Gasteiger partial charge in [0.15, 0.2) is 0 Å². The molecule has 1 rings (SSSR count). The minimum absolute atomic E-state index is 0.209. The van der Waals surface area contributed by atoms with Crippen LogP contribution in [-0.4, -0.2) is 12.4 Å². The van der Waals surface area contributed by atoms with Crippen molar-refractivity contribution in [1.29, 1.82) is 0 Å². The zero-order valence-corrected chi connectivity index (χ0v) is 12.4. The molecule has 0 saturated heterocycles. The standard InChI is InChI=1S/C16H23ClO2/c1-19-15-12-10-14(11-13-15)8-6-4-2-3-5-7-9-16(17)18/h10-13H,2-9H2,1H3. The third kappa shape index (κ3) is 7.89. The Morgan fingerprint density at radius 3 is 2.16 bits per heavy atom. The molecule has 0 spiro atoms. The predicted molar refractivity (Wildman–Crippen MR) is 79.9 cm³/mol. The van der Waals surface area contributed by atoms with Crippen LogP contribution in [0, 0.1) is 0 Å². The van der Waals surface area contributed by atoms with Crippen molar-refractivity contribution in [2.45, 2.75) is 51.4 Å². The summed E-state index contributed by atoms with van der Waals surface area (Å²) in [7, 11) is 1.69. The van der Waals surface area contributed by atoms with E-state index in [4.69, 9.17) is 16.3 Å². The van der Waals surface area contributed by atoms with Crippen LogP contribution in [0.5, 0.6) is 5.75 Å². The van der Waals surface area contributed by atoms with E-state index in [0.717, 1.165) is 25.0 Å². The molecule has 2 nitrogen and oxygen atoms in total. The molecule has 1 aromatic carbocycles. The number of ether oxygens (including phenoxy) is 1. The quantitative estimate of drug-likeness (QED) is 0.458. The van der Waals surface area contributed by atoms with Gasteiger partial charge in [0.05, 0.1) is 7.11 Å². The Labute approximate surface area is 121 Å². The fourth-order valence-electron chi connectivity index (χ4n) is 2.09. The molecule has 0 bridgehead atoms. The number of halogens is 1. The van der Waals surface area contributed by atoms with Gasteiger partial charge >= 0.3 is 0 Å². The molecule has 1 aromatic rings. The van der Waals surface area contributed by atoms with Gasteiger partial charge in [0.25, 0.3) is 0 Å². The van der Waals surface area contributed by atoms with Gasteiger partial charge in [-0.05, 0) is 48.6 Å². The van der Waals surface area contributed by atoms with Crippen molar-refractivity contribution < 1.29 is 9.53 Å². The van der Waals surface area contributed by atoms with E-state index in [9.17, 15) is 4.79 Å². The number of methoxy groups -OCH3 is 1. The third-order valence-corrected chi connectivity index (χ3v) is 3.44. The van der Waals surface area contributed by atoms with Crippen LogP contribution in [0.15, 0.2) is 24.3 Å².